The van der Waals surface area contributed by atoms with E-state index >= 15 is 0 Å². The standard InChI is InChI=1S/C40H75N3O7.C28H54NO5/c1-6-7-20-27-37(50-40(48)30-25-29-39(47)49-34-33-43(3,4)5)36(45)26-21-16-12-8-9-13-17-22-28-38(46)42-32-24-19-15-11-10-14-18-23-31-41-35(2)44;1-6-8-10-11-12-13-14-15-17-19-25(30)26(20-16-9-7-2)34-28(32)22-18-21-27(31)33-24-23-29(3,4)5/h16,21,36-37,45H,6-15,17-20,22-34H2,1-5H3,(H-,41,42,44,46);15,17,25-26,30H,6-14,16,18-24H2,1-5H3/q;+1/p+1/b21-16-;17-15-. The summed E-state index contributed by atoms with van der Waals surface area (Å²) in [5.74, 6) is -1.10. The normalized spacial score (nSPS) is 13.2. The van der Waals surface area contributed by atoms with E-state index < -0.39 is 24.4 Å². The molecule has 0 heterocycles. The lowest BCUT2D eigenvalue weighted by atomic mass is 10.0. The van der Waals surface area contributed by atoms with E-state index in [0.717, 1.165) is 133 Å². The molecule has 0 aliphatic carbocycles. The van der Waals surface area contributed by atoms with Crippen LogP contribution in [0.3, 0.4) is 0 Å². The Kier molecular flexibility index (Phi) is 55.7. The van der Waals surface area contributed by atoms with Gasteiger partial charge in [0.15, 0.2) is 0 Å². The van der Waals surface area contributed by atoms with Crippen LogP contribution in [0, 0.1) is 0 Å². The number of aliphatic hydroxyl groups is 2. The minimum atomic E-state index is -0.748. The van der Waals surface area contributed by atoms with Gasteiger partial charge in [0, 0.05) is 52.1 Å². The van der Waals surface area contributed by atoms with Gasteiger partial charge in [0.05, 0.1) is 54.5 Å². The van der Waals surface area contributed by atoms with Gasteiger partial charge in [-0.1, -0.05) is 161 Å². The molecular weight excluding hydrogens is 1060 g/mol. The van der Waals surface area contributed by atoms with Crippen molar-refractivity contribution in [2.45, 2.75) is 296 Å². The minimum Gasteiger partial charge on any atom is -0.460 e. The van der Waals surface area contributed by atoms with Gasteiger partial charge in [-0.3, -0.25) is 28.8 Å². The monoisotopic (exact) mass is 1190 g/mol. The van der Waals surface area contributed by atoms with Crippen molar-refractivity contribution in [2.24, 2.45) is 0 Å². The van der Waals surface area contributed by atoms with Crippen LogP contribution < -0.4 is 10.6 Å². The first-order valence-corrected chi connectivity index (χ1v) is 33.6. The van der Waals surface area contributed by atoms with Crippen molar-refractivity contribution in [3.05, 3.63) is 24.3 Å². The Bertz CT molecular complexity index is 1680. The Labute approximate surface area is 513 Å². The van der Waals surface area contributed by atoms with Crippen molar-refractivity contribution in [3.63, 3.8) is 0 Å². The number of nitrogens with one attached hydrogen (secondary N) is 2. The highest BCUT2D eigenvalue weighted by atomic mass is 16.6. The minimum absolute atomic E-state index is 0.0481. The molecule has 0 aromatic rings. The van der Waals surface area contributed by atoms with Crippen molar-refractivity contribution in [1.29, 1.82) is 0 Å². The van der Waals surface area contributed by atoms with Crippen molar-refractivity contribution in [1.82, 2.24) is 10.6 Å². The van der Waals surface area contributed by atoms with Gasteiger partial charge in [0.2, 0.25) is 11.8 Å². The fourth-order valence-electron chi connectivity index (χ4n) is 9.09. The number of aliphatic hydroxyl groups excluding tert-OH is 2. The summed E-state index contributed by atoms with van der Waals surface area (Å²) in [4.78, 5) is 71.6. The van der Waals surface area contributed by atoms with Crippen LogP contribution in [0.1, 0.15) is 272 Å². The summed E-state index contributed by atoms with van der Waals surface area (Å²) < 4.78 is 23.2. The number of carbonyl (C=O) groups excluding carboxylic acids is 6. The number of hydrogen-bond donors (Lipinski definition) is 4. The number of likely N-dealkylation sites (N-methyl/N-ethyl adjacent to an activating group) is 2. The van der Waals surface area contributed by atoms with Crippen LogP contribution in [-0.4, -0.2) is 161 Å². The lowest BCUT2D eigenvalue weighted by Gasteiger charge is -2.23. The number of rotatable bonds is 56. The topological polar surface area (TPSA) is 204 Å². The molecule has 0 bridgehead atoms. The summed E-state index contributed by atoms with van der Waals surface area (Å²) in [5.41, 5.74) is 0. The van der Waals surface area contributed by atoms with Gasteiger partial charge in [-0.25, -0.2) is 0 Å². The number of ether oxygens (including phenoxy) is 4. The van der Waals surface area contributed by atoms with Crippen molar-refractivity contribution in [3.8, 4) is 0 Å². The highest BCUT2D eigenvalue weighted by Crippen LogP contribution is 2.19. The molecule has 0 saturated heterocycles. The van der Waals surface area contributed by atoms with Crippen molar-refractivity contribution >= 4 is 35.7 Å². The highest BCUT2D eigenvalue weighted by molar-refractivity contribution is 5.76. The third-order valence-corrected chi connectivity index (χ3v) is 14.6. The Balaban J connectivity index is 0. The van der Waals surface area contributed by atoms with Gasteiger partial charge >= 0.3 is 23.9 Å². The molecule has 0 fully saturated rings. The fourth-order valence-corrected chi connectivity index (χ4v) is 9.09. The lowest BCUT2D eigenvalue weighted by molar-refractivity contribution is -0.870. The first kappa shape index (κ1) is 82.2. The molecule has 4 atom stereocenters. The molecule has 0 saturated carbocycles. The quantitative estimate of drug-likeness (QED) is 0.0148. The number of nitrogens with zero attached hydrogens (tertiary/aromatic N) is 2. The molecule has 0 aromatic carbocycles. The summed E-state index contributed by atoms with van der Waals surface area (Å²) in [7, 11) is 12.2. The molecule has 2 amide bonds. The van der Waals surface area contributed by atoms with Gasteiger partial charge in [-0.05, 0) is 96.3 Å². The number of allylic oxidation sites excluding steroid dienone is 2. The number of carbonyl (C=O) groups is 6. The lowest BCUT2D eigenvalue weighted by Crippen LogP contribution is -2.38. The molecule has 0 aromatic heterocycles. The molecule has 84 heavy (non-hydrogen) atoms. The Morgan fingerprint density at radius 2 is 0.750 bits per heavy atom. The van der Waals surface area contributed by atoms with Gasteiger partial charge in [-0.15, -0.1) is 0 Å². The first-order chi connectivity index (χ1) is 40.1. The zero-order chi connectivity index (χ0) is 63.0. The van der Waals surface area contributed by atoms with E-state index in [4.69, 9.17) is 18.9 Å². The van der Waals surface area contributed by atoms with E-state index in [1.54, 1.807) is 6.92 Å². The summed E-state index contributed by atoms with van der Waals surface area (Å²) in [5, 5.41) is 27.3. The van der Waals surface area contributed by atoms with E-state index in [9.17, 15) is 39.0 Å². The van der Waals surface area contributed by atoms with Crippen LogP contribution in [0.2, 0.25) is 0 Å². The maximum absolute atomic E-state index is 12.5. The molecule has 4 unspecified atom stereocenters. The summed E-state index contributed by atoms with van der Waals surface area (Å²) in [6, 6.07) is 0. The second kappa shape index (κ2) is 56.9. The van der Waals surface area contributed by atoms with Crippen LogP contribution in [-0.2, 0) is 47.7 Å². The average Bonchev–Trinajstić information content (AvgIpc) is 3.45. The van der Waals surface area contributed by atoms with Gasteiger partial charge in [-0.2, -0.15) is 0 Å². The van der Waals surface area contributed by atoms with E-state index in [1.165, 1.54) is 70.6 Å². The maximum atomic E-state index is 12.5. The fraction of sp³-hybridized carbons (Fsp3) is 0.853. The van der Waals surface area contributed by atoms with Crippen LogP contribution in [0.25, 0.3) is 0 Å². The van der Waals surface area contributed by atoms with Crippen molar-refractivity contribution < 1.29 is 66.9 Å². The Morgan fingerprint density at radius 3 is 1.14 bits per heavy atom. The molecule has 0 aliphatic rings. The average molecular weight is 1200 g/mol. The predicted molar refractivity (Wildman–Crippen MR) is 342 cm³/mol. The van der Waals surface area contributed by atoms with Gasteiger partial charge < -0.3 is 48.8 Å². The molecule has 0 rings (SSSR count). The van der Waals surface area contributed by atoms with Gasteiger partial charge in [0.1, 0.15) is 38.5 Å². The van der Waals surface area contributed by atoms with Crippen LogP contribution in [0.15, 0.2) is 24.3 Å². The molecule has 0 aliphatic heterocycles. The van der Waals surface area contributed by atoms with Crippen molar-refractivity contribution in [2.75, 3.05) is 81.7 Å². The third-order valence-electron chi connectivity index (χ3n) is 14.6. The van der Waals surface area contributed by atoms with E-state index in [1.807, 2.05) is 54.4 Å². The van der Waals surface area contributed by atoms with Crippen LogP contribution in [0.5, 0.6) is 0 Å². The predicted octanol–water partition coefficient (Wildman–Crippen LogP) is 13.3. The number of amides is 2. The Morgan fingerprint density at radius 1 is 0.405 bits per heavy atom. The molecule has 492 valence electrons. The number of esters is 4. The third kappa shape index (κ3) is 61.2. The zero-order valence-electron chi connectivity index (χ0n) is 55.6. The van der Waals surface area contributed by atoms with Crippen LogP contribution in [0.4, 0.5) is 0 Å². The molecule has 16 nitrogen and oxygen atoms in total. The second-order valence-corrected chi connectivity index (χ2v) is 25.3. The van der Waals surface area contributed by atoms with E-state index in [-0.39, 0.29) is 61.4 Å². The number of hydrogen-bond acceptors (Lipinski definition) is 12. The summed E-state index contributed by atoms with van der Waals surface area (Å²) in [6.07, 6.45) is 40.3. The van der Waals surface area contributed by atoms with Gasteiger partial charge in [0.25, 0.3) is 0 Å². The SMILES string of the molecule is CCCCCC(OC(=O)CCCC(=O)OCC[N+](C)(C)C)C(O)C/C=C\CCCCCCCC(=O)NCCCCCCCCCCNC(C)=O.CCCCCCCC/C=C\CC(O)C(CCCCC)OC(=O)CCCC(=O)OCC[N+](C)(C)C. The van der Waals surface area contributed by atoms with E-state index in [0.29, 0.717) is 62.6 Å². The van der Waals surface area contributed by atoms with Crippen LogP contribution >= 0.6 is 0 Å². The smallest absolute Gasteiger partial charge is 0.306 e. The molecule has 0 spiro atoms. The molecule has 4 N–H and O–H groups in total. The molecular formula is C68H130N4O12+2. The first-order valence-electron chi connectivity index (χ1n) is 33.6. The zero-order valence-corrected chi connectivity index (χ0v) is 55.6. The largest absolute Gasteiger partial charge is 0.460 e. The maximum Gasteiger partial charge on any atom is 0.306 e. The summed E-state index contributed by atoms with van der Waals surface area (Å²) >= 11 is 0. The Hall–Kier alpha value is -3.86. The molecule has 16 heteroatoms. The number of unbranched alkanes of at least 4 members (excludes halogenated alkanes) is 22. The second-order valence-electron chi connectivity index (χ2n) is 25.3. The summed E-state index contributed by atoms with van der Waals surface area (Å²) in [6.45, 7) is 11.8. The number of quaternary nitrogens is 2. The molecule has 0 radical (unpaired) electrons. The van der Waals surface area contributed by atoms with E-state index in [2.05, 4.69) is 43.6 Å². The highest BCUT2D eigenvalue weighted by Gasteiger charge is 2.24.